The van der Waals surface area contributed by atoms with Crippen LogP contribution in [0.15, 0.2) is 17.1 Å². The summed E-state index contributed by atoms with van der Waals surface area (Å²) in [4.78, 5) is 28.6. The maximum Gasteiger partial charge on any atom is 0.259 e. The summed E-state index contributed by atoms with van der Waals surface area (Å²) in [6.07, 6.45) is 2.32. The van der Waals surface area contributed by atoms with E-state index in [0.717, 1.165) is 12.1 Å². The van der Waals surface area contributed by atoms with Gasteiger partial charge in [-0.1, -0.05) is 6.92 Å². The molecule has 2 N–H and O–H groups in total. The zero-order chi connectivity index (χ0) is 13.3. The highest BCUT2D eigenvalue weighted by molar-refractivity contribution is 5.94. The summed E-state index contributed by atoms with van der Waals surface area (Å²) >= 11 is 0. The third-order valence-electron chi connectivity index (χ3n) is 3.62. The molecule has 0 radical (unpaired) electrons. The monoisotopic (exact) mass is 250 g/mol. The standard InChI is InChI=1S/C13H18N2O3/c1-8-3-4-15(11(8)7-16)13(18)10-6-14-9(2)5-12(10)17/h5-6,8,11,16H,3-4,7H2,1-2H3,(H,14,17). The number of nitrogens with one attached hydrogen (secondary N) is 1. The summed E-state index contributed by atoms with van der Waals surface area (Å²) < 4.78 is 0. The number of hydrogen-bond acceptors (Lipinski definition) is 3. The molecule has 2 unspecified atom stereocenters. The molecule has 0 aromatic carbocycles. The van der Waals surface area contributed by atoms with Crippen molar-refractivity contribution in [3.63, 3.8) is 0 Å². The summed E-state index contributed by atoms with van der Waals surface area (Å²) in [6, 6.07) is 1.24. The lowest BCUT2D eigenvalue weighted by Gasteiger charge is -2.24. The van der Waals surface area contributed by atoms with Gasteiger partial charge in [-0.05, 0) is 19.3 Å². The molecule has 1 saturated heterocycles. The second-order valence-corrected chi connectivity index (χ2v) is 4.91. The molecule has 1 aliphatic rings. The van der Waals surface area contributed by atoms with Gasteiger partial charge in [0.1, 0.15) is 5.56 Å². The van der Waals surface area contributed by atoms with E-state index < -0.39 is 0 Å². The van der Waals surface area contributed by atoms with Gasteiger partial charge >= 0.3 is 0 Å². The normalized spacial score (nSPS) is 23.4. The van der Waals surface area contributed by atoms with Crippen LogP contribution < -0.4 is 5.43 Å². The Morgan fingerprint density at radius 2 is 2.33 bits per heavy atom. The maximum atomic E-state index is 12.3. The van der Waals surface area contributed by atoms with Crippen LogP contribution in [-0.2, 0) is 0 Å². The van der Waals surface area contributed by atoms with Gasteiger partial charge in [0.2, 0.25) is 0 Å². The molecular formula is C13H18N2O3. The van der Waals surface area contributed by atoms with Gasteiger partial charge in [-0.15, -0.1) is 0 Å². The topological polar surface area (TPSA) is 73.4 Å². The average molecular weight is 250 g/mol. The van der Waals surface area contributed by atoms with Crippen LogP contribution in [0.4, 0.5) is 0 Å². The predicted molar refractivity (Wildman–Crippen MR) is 67.5 cm³/mol. The molecule has 0 spiro atoms. The smallest absolute Gasteiger partial charge is 0.259 e. The van der Waals surface area contributed by atoms with E-state index in [9.17, 15) is 14.7 Å². The number of H-pyrrole nitrogens is 1. The molecule has 1 aliphatic heterocycles. The van der Waals surface area contributed by atoms with Crippen LogP contribution >= 0.6 is 0 Å². The first-order valence-corrected chi connectivity index (χ1v) is 6.15. The Labute approximate surface area is 105 Å². The van der Waals surface area contributed by atoms with Crippen molar-refractivity contribution in [2.75, 3.05) is 13.2 Å². The Hall–Kier alpha value is -1.62. The number of amides is 1. The Morgan fingerprint density at radius 1 is 1.61 bits per heavy atom. The number of aliphatic hydroxyl groups excluding tert-OH is 1. The summed E-state index contributed by atoms with van der Waals surface area (Å²) in [5.41, 5.74) is 0.602. The number of carbonyl (C=O) groups is 1. The number of aromatic amines is 1. The quantitative estimate of drug-likeness (QED) is 0.804. The number of rotatable bonds is 2. The van der Waals surface area contributed by atoms with Crippen LogP contribution in [0.3, 0.4) is 0 Å². The van der Waals surface area contributed by atoms with E-state index in [1.807, 2.05) is 6.92 Å². The highest BCUT2D eigenvalue weighted by Crippen LogP contribution is 2.24. The molecule has 0 aliphatic carbocycles. The fourth-order valence-electron chi connectivity index (χ4n) is 2.43. The lowest BCUT2D eigenvalue weighted by atomic mass is 10.0. The Bertz CT molecular complexity index is 509. The van der Waals surface area contributed by atoms with Crippen molar-refractivity contribution in [3.8, 4) is 0 Å². The molecule has 2 heterocycles. The molecule has 1 aromatic rings. The van der Waals surface area contributed by atoms with Gasteiger partial charge in [0.15, 0.2) is 5.43 Å². The highest BCUT2D eigenvalue weighted by Gasteiger charge is 2.34. The van der Waals surface area contributed by atoms with E-state index in [1.165, 1.54) is 12.3 Å². The van der Waals surface area contributed by atoms with Crippen LogP contribution in [0, 0.1) is 12.8 Å². The number of likely N-dealkylation sites (tertiary alicyclic amines) is 1. The minimum Gasteiger partial charge on any atom is -0.394 e. The second kappa shape index (κ2) is 4.94. The highest BCUT2D eigenvalue weighted by atomic mass is 16.3. The Kier molecular flexibility index (Phi) is 3.52. The van der Waals surface area contributed by atoms with Gasteiger partial charge in [0.25, 0.3) is 5.91 Å². The molecule has 0 saturated carbocycles. The van der Waals surface area contributed by atoms with Crippen molar-refractivity contribution in [1.29, 1.82) is 0 Å². The Morgan fingerprint density at radius 3 is 2.94 bits per heavy atom. The van der Waals surface area contributed by atoms with Crippen molar-refractivity contribution in [3.05, 3.63) is 33.7 Å². The lowest BCUT2D eigenvalue weighted by Crippen LogP contribution is -2.41. The number of aryl methyl sites for hydroxylation is 1. The first kappa shape index (κ1) is 12.8. The molecule has 1 fully saturated rings. The first-order valence-electron chi connectivity index (χ1n) is 6.15. The molecule has 18 heavy (non-hydrogen) atoms. The van der Waals surface area contributed by atoms with Crippen LogP contribution in [0.5, 0.6) is 0 Å². The molecule has 2 rings (SSSR count). The van der Waals surface area contributed by atoms with E-state index >= 15 is 0 Å². The molecule has 1 amide bonds. The lowest BCUT2D eigenvalue weighted by molar-refractivity contribution is 0.0646. The van der Waals surface area contributed by atoms with E-state index in [4.69, 9.17) is 0 Å². The zero-order valence-electron chi connectivity index (χ0n) is 10.6. The van der Waals surface area contributed by atoms with Gasteiger partial charge in [0, 0.05) is 24.5 Å². The van der Waals surface area contributed by atoms with Crippen LogP contribution in [0.2, 0.25) is 0 Å². The SMILES string of the molecule is Cc1cc(=O)c(C(=O)N2CCC(C)C2CO)c[nH]1. The van der Waals surface area contributed by atoms with Crippen molar-refractivity contribution in [1.82, 2.24) is 9.88 Å². The molecule has 2 atom stereocenters. The van der Waals surface area contributed by atoms with Crippen molar-refractivity contribution < 1.29 is 9.90 Å². The zero-order valence-corrected chi connectivity index (χ0v) is 10.6. The van der Waals surface area contributed by atoms with Crippen LogP contribution in [0.1, 0.15) is 29.4 Å². The summed E-state index contributed by atoms with van der Waals surface area (Å²) in [5.74, 6) is -0.0249. The number of carbonyl (C=O) groups excluding carboxylic acids is 1. The Balaban J connectivity index is 2.29. The summed E-state index contributed by atoms with van der Waals surface area (Å²) in [6.45, 7) is 4.31. The minimum absolute atomic E-state index is 0.0589. The van der Waals surface area contributed by atoms with Gasteiger partial charge in [-0.2, -0.15) is 0 Å². The second-order valence-electron chi connectivity index (χ2n) is 4.91. The van der Waals surface area contributed by atoms with Crippen LogP contribution in [0.25, 0.3) is 0 Å². The number of nitrogens with zero attached hydrogens (tertiary/aromatic N) is 1. The molecule has 5 nitrogen and oxygen atoms in total. The molecule has 5 heteroatoms. The average Bonchev–Trinajstić information content (AvgIpc) is 2.69. The van der Waals surface area contributed by atoms with Crippen LogP contribution in [-0.4, -0.2) is 40.1 Å². The fraction of sp³-hybridized carbons (Fsp3) is 0.538. The van der Waals surface area contributed by atoms with Gasteiger partial charge in [-0.3, -0.25) is 9.59 Å². The van der Waals surface area contributed by atoms with E-state index in [1.54, 1.807) is 11.8 Å². The molecule has 0 bridgehead atoms. The van der Waals surface area contributed by atoms with Crippen molar-refractivity contribution in [2.24, 2.45) is 5.92 Å². The predicted octanol–water partition coefficient (Wildman–Crippen LogP) is 0.526. The van der Waals surface area contributed by atoms with Gasteiger partial charge in [-0.25, -0.2) is 0 Å². The third kappa shape index (κ3) is 2.18. The van der Waals surface area contributed by atoms with E-state index in [-0.39, 0.29) is 35.5 Å². The summed E-state index contributed by atoms with van der Waals surface area (Å²) in [5, 5.41) is 9.34. The molecular weight excluding hydrogens is 232 g/mol. The minimum atomic E-state index is -0.292. The van der Waals surface area contributed by atoms with Gasteiger partial charge < -0.3 is 15.0 Å². The van der Waals surface area contributed by atoms with E-state index in [0.29, 0.717) is 6.54 Å². The number of aromatic nitrogens is 1. The van der Waals surface area contributed by atoms with Crippen molar-refractivity contribution >= 4 is 5.91 Å². The molecule has 1 aromatic heterocycles. The van der Waals surface area contributed by atoms with Crippen molar-refractivity contribution in [2.45, 2.75) is 26.3 Å². The third-order valence-corrected chi connectivity index (χ3v) is 3.62. The maximum absolute atomic E-state index is 12.3. The van der Waals surface area contributed by atoms with Gasteiger partial charge in [0.05, 0.1) is 12.6 Å². The summed E-state index contributed by atoms with van der Waals surface area (Å²) in [7, 11) is 0. The first-order chi connectivity index (χ1) is 8.54. The number of pyridine rings is 1. The van der Waals surface area contributed by atoms with E-state index in [2.05, 4.69) is 4.98 Å². The number of hydrogen-bond donors (Lipinski definition) is 2. The molecule has 98 valence electrons. The fourth-order valence-corrected chi connectivity index (χ4v) is 2.43. The number of aliphatic hydroxyl groups is 1. The largest absolute Gasteiger partial charge is 0.394 e.